The Bertz CT molecular complexity index is 994. The third kappa shape index (κ3) is 2.29. The molecule has 4 rings (SSSR count). The monoisotopic (exact) mass is 341 g/mol. The van der Waals surface area contributed by atoms with Crippen LogP contribution in [0.1, 0.15) is 22.6 Å². The molecule has 1 aliphatic heterocycles. The molecule has 0 bridgehead atoms. The van der Waals surface area contributed by atoms with Crippen LogP contribution in [0.25, 0.3) is 5.69 Å². The highest BCUT2D eigenvalue weighted by Crippen LogP contribution is 2.28. The molecule has 1 aliphatic rings. The first-order valence-corrected chi connectivity index (χ1v) is 7.84. The van der Waals surface area contributed by atoms with Gasteiger partial charge in [-0.15, -0.1) is 0 Å². The van der Waals surface area contributed by atoms with Crippen molar-refractivity contribution in [3.05, 3.63) is 87.4 Å². The summed E-state index contributed by atoms with van der Waals surface area (Å²) in [5, 5.41) is 13.3. The number of hydroxylamine groups is 1. The third-order valence-electron chi connectivity index (χ3n) is 4.04. The second-order valence-corrected chi connectivity index (χ2v) is 6.10. The Hall–Kier alpha value is -2.66. The number of fused-ring (bicyclic) bond motifs is 3. The van der Waals surface area contributed by atoms with E-state index in [1.54, 1.807) is 30.3 Å². The summed E-state index contributed by atoms with van der Waals surface area (Å²) >= 11 is 6.29. The molecule has 120 valence electrons. The van der Waals surface area contributed by atoms with Gasteiger partial charge in [0.05, 0.1) is 27.5 Å². The normalized spacial score (nSPS) is 13.5. The summed E-state index contributed by atoms with van der Waals surface area (Å²) in [7, 11) is 0. The van der Waals surface area contributed by atoms with Crippen molar-refractivity contribution < 1.29 is 9.13 Å². The SMILES string of the molecule is Cc1cn2c(n1)C[N+]([O-])=C(c1ccccc1Cl)c1cc(F)ccc1-2. The van der Waals surface area contributed by atoms with Gasteiger partial charge in [-0.25, -0.2) is 9.37 Å². The number of hydrogen-bond acceptors (Lipinski definition) is 2. The topological polar surface area (TPSA) is 43.9 Å². The summed E-state index contributed by atoms with van der Waals surface area (Å²) in [6.45, 7) is 1.92. The van der Waals surface area contributed by atoms with E-state index in [0.717, 1.165) is 10.4 Å². The van der Waals surface area contributed by atoms with E-state index in [4.69, 9.17) is 11.6 Å². The summed E-state index contributed by atoms with van der Waals surface area (Å²) in [5.41, 5.74) is 2.92. The van der Waals surface area contributed by atoms with E-state index >= 15 is 0 Å². The molecule has 0 amide bonds. The Labute approximate surface area is 143 Å². The van der Waals surface area contributed by atoms with Crippen molar-refractivity contribution in [2.24, 2.45) is 0 Å². The highest BCUT2D eigenvalue weighted by molar-refractivity contribution is 6.35. The Morgan fingerprint density at radius 1 is 1.21 bits per heavy atom. The molecule has 0 unspecified atom stereocenters. The number of hydrogen-bond donors (Lipinski definition) is 0. The number of rotatable bonds is 1. The van der Waals surface area contributed by atoms with Gasteiger partial charge in [-0.3, -0.25) is 4.57 Å². The number of nitrogens with zero attached hydrogens (tertiary/aromatic N) is 3. The maximum atomic E-state index is 13.9. The van der Waals surface area contributed by atoms with Gasteiger partial charge in [0, 0.05) is 6.20 Å². The lowest BCUT2D eigenvalue weighted by molar-refractivity contribution is -0.475. The molecule has 0 atom stereocenters. The van der Waals surface area contributed by atoms with Crippen LogP contribution in [-0.4, -0.2) is 20.0 Å². The lowest BCUT2D eigenvalue weighted by atomic mass is 10.00. The molecule has 0 saturated carbocycles. The van der Waals surface area contributed by atoms with Crippen LogP contribution in [0.2, 0.25) is 5.02 Å². The van der Waals surface area contributed by atoms with Crippen LogP contribution in [0.4, 0.5) is 4.39 Å². The van der Waals surface area contributed by atoms with Crippen LogP contribution >= 0.6 is 11.6 Å². The minimum atomic E-state index is -0.410. The molecule has 0 saturated heterocycles. The van der Waals surface area contributed by atoms with Gasteiger partial charge in [-0.2, -0.15) is 4.74 Å². The Kier molecular flexibility index (Phi) is 3.39. The van der Waals surface area contributed by atoms with E-state index in [9.17, 15) is 9.60 Å². The average molecular weight is 342 g/mol. The summed E-state index contributed by atoms with van der Waals surface area (Å²) in [5.74, 6) is 0.199. The lowest BCUT2D eigenvalue weighted by Gasteiger charge is -2.12. The molecule has 1 aromatic heterocycles. The van der Waals surface area contributed by atoms with Gasteiger partial charge in [-0.1, -0.05) is 23.7 Å². The van der Waals surface area contributed by atoms with Gasteiger partial charge in [0.2, 0.25) is 12.3 Å². The number of imidazole rings is 1. The molecule has 6 heteroatoms. The van der Waals surface area contributed by atoms with Crippen LogP contribution in [0.15, 0.2) is 48.7 Å². The second-order valence-electron chi connectivity index (χ2n) is 5.70. The zero-order valence-electron chi connectivity index (χ0n) is 12.8. The van der Waals surface area contributed by atoms with Gasteiger partial charge in [-0.05, 0) is 37.3 Å². The second kappa shape index (κ2) is 5.46. The van der Waals surface area contributed by atoms with Gasteiger partial charge in [0.1, 0.15) is 5.82 Å². The summed E-state index contributed by atoms with van der Waals surface area (Å²) in [6, 6.07) is 11.5. The molecule has 4 nitrogen and oxygen atoms in total. The lowest BCUT2D eigenvalue weighted by Crippen LogP contribution is -2.18. The molecule has 3 aromatic rings. The van der Waals surface area contributed by atoms with Gasteiger partial charge in [0.15, 0.2) is 5.82 Å². The largest absolute Gasteiger partial charge is 0.623 e. The highest BCUT2D eigenvalue weighted by Gasteiger charge is 2.28. The van der Waals surface area contributed by atoms with Crippen LogP contribution < -0.4 is 0 Å². The van der Waals surface area contributed by atoms with Crippen LogP contribution in [0, 0.1) is 17.9 Å². The van der Waals surface area contributed by atoms with Crippen LogP contribution in [0.3, 0.4) is 0 Å². The Morgan fingerprint density at radius 3 is 2.79 bits per heavy atom. The fourth-order valence-corrected chi connectivity index (χ4v) is 3.28. The quantitative estimate of drug-likeness (QED) is 0.498. The predicted molar refractivity (Wildman–Crippen MR) is 90.3 cm³/mol. The minimum absolute atomic E-state index is 0.0602. The molecule has 0 aliphatic carbocycles. The van der Waals surface area contributed by atoms with E-state index in [-0.39, 0.29) is 6.54 Å². The zero-order chi connectivity index (χ0) is 16.8. The summed E-state index contributed by atoms with van der Waals surface area (Å²) in [4.78, 5) is 4.41. The first kappa shape index (κ1) is 14.9. The van der Waals surface area contributed by atoms with Gasteiger partial charge >= 0.3 is 0 Å². The number of aryl methyl sites for hydroxylation is 1. The van der Waals surface area contributed by atoms with Gasteiger partial charge < -0.3 is 5.21 Å². The zero-order valence-corrected chi connectivity index (χ0v) is 13.6. The molecule has 0 radical (unpaired) electrons. The van der Waals surface area contributed by atoms with Crippen molar-refractivity contribution in [2.75, 3.05) is 0 Å². The maximum Gasteiger partial charge on any atom is 0.229 e. The molecule has 0 spiro atoms. The fourth-order valence-electron chi connectivity index (χ4n) is 3.05. The Balaban J connectivity index is 2.07. The van der Waals surface area contributed by atoms with Crippen molar-refractivity contribution in [1.29, 1.82) is 0 Å². The van der Waals surface area contributed by atoms with Gasteiger partial charge in [0.25, 0.3) is 0 Å². The van der Waals surface area contributed by atoms with Crippen molar-refractivity contribution in [3.8, 4) is 5.69 Å². The van der Waals surface area contributed by atoms with Crippen molar-refractivity contribution in [1.82, 2.24) is 9.55 Å². The number of benzene rings is 2. The fraction of sp³-hybridized carbons (Fsp3) is 0.111. The third-order valence-corrected chi connectivity index (χ3v) is 4.37. The van der Waals surface area contributed by atoms with E-state index < -0.39 is 5.82 Å². The molecule has 24 heavy (non-hydrogen) atoms. The van der Waals surface area contributed by atoms with Crippen molar-refractivity contribution in [3.63, 3.8) is 0 Å². The van der Waals surface area contributed by atoms with E-state index in [2.05, 4.69) is 4.98 Å². The van der Waals surface area contributed by atoms with Crippen LogP contribution in [-0.2, 0) is 6.54 Å². The van der Waals surface area contributed by atoms with Crippen molar-refractivity contribution in [2.45, 2.75) is 13.5 Å². The predicted octanol–water partition coefficient (Wildman–Crippen LogP) is 3.83. The minimum Gasteiger partial charge on any atom is -0.623 e. The standard InChI is InChI=1S/C18H13ClFN3O/c1-11-9-22-16-7-6-12(20)8-14(16)18(23(24)10-17(22)21-11)13-4-2-3-5-15(13)19/h2-9H,10H2,1H3. The maximum absolute atomic E-state index is 13.9. The molecule has 2 aromatic carbocycles. The molecular weight excluding hydrogens is 329 g/mol. The smallest absolute Gasteiger partial charge is 0.229 e. The highest BCUT2D eigenvalue weighted by atomic mass is 35.5. The molecule has 0 N–H and O–H groups in total. The van der Waals surface area contributed by atoms with Crippen molar-refractivity contribution >= 4 is 17.3 Å². The number of halogens is 2. The molecule has 2 heterocycles. The first-order valence-electron chi connectivity index (χ1n) is 7.46. The Morgan fingerprint density at radius 2 is 2.00 bits per heavy atom. The van der Waals surface area contributed by atoms with E-state index in [1.807, 2.05) is 17.7 Å². The average Bonchev–Trinajstić information content (AvgIpc) is 2.85. The first-order chi connectivity index (χ1) is 11.5. The number of aromatic nitrogens is 2. The molecular formula is C18H13ClFN3O. The van der Waals surface area contributed by atoms with Crippen LogP contribution in [0.5, 0.6) is 0 Å². The summed E-state index contributed by atoms with van der Waals surface area (Å²) in [6.07, 6.45) is 1.84. The summed E-state index contributed by atoms with van der Waals surface area (Å²) < 4.78 is 16.6. The van der Waals surface area contributed by atoms with E-state index in [0.29, 0.717) is 33.4 Å². The van der Waals surface area contributed by atoms with E-state index in [1.165, 1.54) is 12.1 Å². The molecule has 0 fully saturated rings.